The summed E-state index contributed by atoms with van der Waals surface area (Å²) in [5.74, 6) is -0.183. The molecule has 0 radical (unpaired) electrons. The smallest absolute Gasteiger partial charge is 0.383 e. The molecule has 0 atom stereocenters. The van der Waals surface area contributed by atoms with Gasteiger partial charge in [0.25, 0.3) is 0 Å². The fraction of sp³-hybridized carbons (Fsp3) is 0.611. The lowest BCUT2D eigenvalue weighted by molar-refractivity contribution is -0.138. The predicted octanol–water partition coefficient (Wildman–Crippen LogP) is 2.87. The van der Waals surface area contributed by atoms with Crippen LogP contribution in [0.25, 0.3) is 0 Å². The second-order valence-corrected chi connectivity index (χ2v) is 6.37. The molecule has 1 aromatic carbocycles. The highest BCUT2D eigenvalue weighted by Gasteiger charge is 2.43. The molecule has 0 aliphatic heterocycles. The number of rotatable bonds is 8. The van der Waals surface area contributed by atoms with Gasteiger partial charge in [-0.3, -0.25) is 4.79 Å². The summed E-state index contributed by atoms with van der Waals surface area (Å²) >= 11 is 0. The quantitative estimate of drug-likeness (QED) is 0.703. The summed E-state index contributed by atoms with van der Waals surface area (Å²) < 4.78 is 44.0. The number of ether oxygens (including phenoxy) is 1. The third-order valence-electron chi connectivity index (χ3n) is 4.70. The third-order valence-corrected chi connectivity index (χ3v) is 4.70. The third kappa shape index (κ3) is 4.95. The lowest BCUT2D eigenvalue weighted by Crippen LogP contribution is -2.45. The Morgan fingerprint density at radius 3 is 2.56 bits per heavy atom. The van der Waals surface area contributed by atoms with Crippen LogP contribution in [0.2, 0.25) is 0 Å². The normalized spacial score (nSPS) is 16.8. The zero-order valence-electron chi connectivity index (χ0n) is 14.4. The van der Waals surface area contributed by atoms with Crippen LogP contribution in [-0.2, 0) is 21.1 Å². The second-order valence-electron chi connectivity index (χ2n) is 6.37. The van der Waals surface area contributed by atoms with Crippen LogP contribution in [0.4, 0.5) is 13.2 Å². The number of methoxy groups -OCH3 is 1. The molecule has 1 aromatic rings. The molecule has 1 amide bonds. The first-order chi connectivity index (χ1) is 11.9. The van der Waals surface area contributed by atoms with Crippen molar-refractivity contribution in [3.05, 3.63) is 35.4 Å². The van der Waals surface area contributed by atoms with Crippen LogP contribution >= 0.6 is 0 Å². The molecule has 0 spiro atoms. The molecule has 0 aromatic heterocycles. The molecule has 4 nitrogen and oxygen atoms in total. The Hall–Kier alpha value is -1.60. The van der Waals surface area contributed by atoms with Gasteiger partial charge in [-0.15, -0.1) is 0 Å². The van der Waals surface area contributed by atoms with Crippen molar-refractivity contribution in [1.29, 1.82) is 0 Å². The lowest BCUT2D eigenvalue weighted by atomic mass is 9.77. The first kappa shape index (κ1) is 19.7. The molecule has 2 rings (SSSR count). The van der Waals surface area contributed by atoms with Gasteiger partial charge in [0.15, 0.2) is 0 Å². The number of carbonyl (C=O) groups excluding carboxylic acids is 1. The van der Waals surface area contributed by atoms with Crippen LogP contribution in [0, 0.1) is 0 Å². The summed E-state index contributed by atoms with van der Waals surface area (Å²) in [5.41, 5.74) is -1.09. The Bertz CT molecular complexity index is 570. The summed E-state index contributed by atoms with van der Waals surface area (Å²) in [6.07, 6.45) is -1.56. The molecule has 0 unspecified atom stereocenters. The Balaban J connectivity index is 2.07. The average molecular weight is 358 g/mol. The summed E-state index contributed by atoms with van der Waals surface area (Å²) in [6, 6.07) is 5.19. The highest BCUT2D eigenvalue weighted by molar-refractivity contribution is 5.88. The number of hydrogen-bond donors (Lipinski definition) is 2. The summed E-state index contributed by atoms with van der Waals surface area (Å²) in [4.78, 5) is 12.8. The van der Waals surface area contributed by atoms with Crippen LogP contribution in [0.3, 0.4) is 0 Å². The minimum Gasteiger partial charge on any atom is -0.383 e. The molecule has 0 bridgehead atoms. The highest BCUT2D eigenvalue weighted by atomic mass is 19.4. The van der Waals surface area contributed by atoms with Crippen molar-refractivity contribution in [3.8, 4) is 0 Å². The van der Waals surface area contributed by atoms with E-state index in [9.17, 15) is 18.0 Å². The minimum atomic E-state index is -4.41. The number of halogens is 3. The van der Waals surface area contributed by atoms with Gasteiger partial charge in [-0.1, -0.05) is 31.0 Å². The molecule has 1 saturated carbocycles. The van der Waals surface area contributed by atoms with Crippen molar-refractivity contribution in [3.63, 3.8) is 0 Å². The second kappa shape index (κ2) is 8.67. The topological polar surface area (TPSA) is 50.4 Å². The first-order valence-corrected chi connectivity index (χ1v) is 8.56. The fourth-order valence-electron chi connectivity index (χ4n) is 3.35. The van der Waals surface area contributed by atoms with E-state index in [1.807, 2.05) is 0 Å². The zero-order valence-corrected chi connectivity index (χ0v) is 14.4. The van der Waals surface area contributed by atoms with Gasteiger partial charge in [0, 0.05) is 26.7 Å². The highest BCUT2D eigenvalue weighted by Crippen LogP contribution is 2.43. The minimum absolute atomic E-state index is 0.183. The maximum absolute atomic E-state index is 13.0. The number of amides is 1. The molecular weight excluding hydrogens is 333 g/mol. The van der Waals surface area contributed by atoms with Gasteiger partial charge in [0.05, 0.1) is 17.6 Å². The van der Waals surface area contributed by atoms with E-state index in [-0.39, 0.29) is 5.91 Å². The molecule has 1 aliphatic rings. The van der Waals surface area contributed by atoms with Gasteiger partial charge in [-0.2, -0.15) is 13.2 Å². The van der Waals surface area contributed by atoms with Crippen molar-refractivity contribution < 1.29 is 22.7 Å². The molecule has 140 valence electrons. The van der Waals surface area contributed by atoms with Crippen molar-refractivity contribution >= 4 is 5.91 Å². The molecule has 2 N–H and O–H groups in total. The SMILES string of the molecule is COCCNCCNC(=O)C1(c2cccc(C(F)(F)F)c2)CCCC1. The van der Waals surface area contributed by atoms with Crippen LogP contribution < -0.4 is 10.6 Å². The van der Waals surface area contributed by atoms with Crippen molar-refractivity contribution in [2.75, 3.05) is 33.4 Å². The van der Waals surface area contributed by atoms with E-state index in [0.29, 0.717) is 44.6 Å². The van der Waals surface area contributed by atoms with E-state index in [1.165, 1.54) is 6.07 Å². The maximum atomic E-state index is 13.0. The maximum Gasteiger partial charge on any atom is 0.416 e. The zero-order chi connectivity index (χ0) is 18.3. The molecule has 25 heavy (non-hydrogen) atoms. The average Bonchev–Trinajstić information content (AvgIpc) is 3.08. The van der Waals surface area contributed by atoms with Gasteiger partial charge in [-0.25, -0.2) is 0 Å². The predicted molar refractivity (Wildman–Crippen MR) is 89.3 cm³/mol. The van der Waals surface area contributed by atoms with Crippen molar-refractivity contribution in [2.45, 2.75) is 37.3 Å². The number of nitrogens with one attached hydrogen (secondary N) is 2. The number of benzene rings is 1. The van der Waals surface area contributed by atoms with Gasteiger partial charge >= 0.3 is 6.18 Å². The van der Waals surface area contributed by atoms with E-state index in [1.54, 1.807) is 13.2 Å². The van der Waals surface area contributed by atoms with E-state index in [2.05, 4.69) is 10.6 Å². The van der Waals surface area contributed by atoms with Crippen molar-refractivity contribution in [1.82, 2.24) is 10.6 Å². The van der Waals surface area contributed by atoms with E-state index < -0.39 is 17.2 Å². The first-order valence-electron chi connectivity index (χ1n) is 8.56. The number of alkyl halides is 3. The molecule has 1 aliphatic carbocycles. The summed E-state index contributed by atoms with van der Waals surface area (Å²) in [6.45, 7) is 2.30. The fourth-order valence-corrected chi connectivity index (χ4v) is 3.35. The van der Waals surface area contributed by atoms with Crippen LogP contribution in [0.1, 0.15) is 36.8 Å². The van der Waals surface area contributed by atoms with E-state index in [0.717, 1.165) is 25.0 Å². The van der Waals surface area contributed by atoms with Crippen LogP contribution in [0.15, 0.2) is 24.3 Å². The summed E-state index contributed by atoms with van der Waals surface area (Å²) in [7, 11) is 1.61. The van der Waals surface area contributed by atoms with E-state index in [4.69, 9.17) is 4.74 Å². The standard InChI is InChI=1S/C18H25F3N2O2/c1-25-12-11-22-9-10-23-16(24)17(7-2-3-8-17)14-5-4-6-15(13-14)18(19,20)21/h4-6,13,22H,2-3,7-12H2,1H3,(H,23,24). The van der Waals surface area contributed by atoms with Gasteiger partial charge < -0.3 is 15.4 Å². The number of hydrogen-bond acceptors (Lipinski definition) is 3. The largest absolute Gasteiger partial charge is 0.416 e. The van der Waals surface area contributed by atoms with Gasteiger partial charge in [0.2, 0.25) is 5.91 Å². The Morgan fingerprint density at radius 1 is 1.20 bits per heavy atom. The monoisotopic (exact) mass is 358 g/mol. The van der Waals surface area contributed by atoms with Crippen LogP contribution in [0.5, 0.6) is 0 Å². The van der Waals surface area contributed by atoms with Crippen molar-refractivity contribution in [2.24, 2.45) is 0 Å². The molecular formula is C18H25F3N2O2. The molecule has 0 heterocycles. The van der Waals surface area contributed by atoms with Gasteiger partial charge in [0.1, 0.15) is 0 Å². The molecule has 0 saturated heterocycles. The van der Waals surface area contributed by atoms with E-state index >= 15 is 0 Å². The van der Waals surface area contributed by atoms with Gasteiger partial charge in [-0.05, 0) is 24.5 Å². The summed E-state index contributed by atoms with van der Waals surface area (Å²) in [5, 5.41) is 6.00. The Kier molecular flexibility index (Phi) is 6.84. The Labute approximate surface area is 146 Å². The Morgan fingerprint density at radius 2 is 1.92 bits per heavy atom. The number of carbonyl (C=O) groups is 1. The lowest BCUT2D eigenvalue weighted by Gasteiger charge is -2.29. The molecule has 1 fully saturated rings. The molecule has 7 heteroatoms. The van der Waals surface area contributed by atoms with Crippen LogP contribution in [-0.4, -0.2) is 39.3 Å².